The highest BCUT2D eigenvalue weighted by Gasteiger charge is 2.17. The minimum absolute atomic E-state index is 0.0260. The van der Waals surface area contributed by atoms with Crippen molar-refractivity contribution in [3.8, 4) is 17.6 Å². The number of anilines is 1. The molecule has 0 heterocycles. The summed E-state index contributed by atoms with van der Waals surface area (Å²) in [4.78, 5) is 23.4. The van der Waals surface area contributed by atoms with Gasteiger partial charge in [-0.3, -0.25) is 9.59 Å². The monoisotopic (exact) mass is 364 g/mol. The van der Waals surface area contributed by atoms with Crippen molar-refractivity contribution in [1.82, 2.24) is 5.32 Å². The first-order valence-corrected chi connectivity index (χ1v) is 8.89. The Hall–Kier alpha value is -3.26. The lowest BCUT2D eigenvalue weighted by molar-refractivity contribution is -0.122. The van der Waals surface area contributed by atoms with E-state index in [0.717, 1.165) is 12.0 Å². The first-order chi connectivity index (χ1) is 13.1. The summed E-state index contributed by atoms with van der Waals surface area (Å²) in [5, 5.41) is 5.54. The van der Waals surface area contributed by atoms with Crippen LogP contribution in [0, 0.1) is 11.8 Å². The number of hydrogen-bond donors (Lipinski definition) is 2. The molecule has 1 atom stereocenters. The Balaban J connectivity index is 1.77. The zero-order valence-corrected chi connectivity index (χ0v) is 15.6. The third kappa shape index (κ3) is 6.87. The summed E-state index contributed by atoms with van der Waals surface area (Å²) in [7, 11) is 0. The molecular weight excluding hydrogens is 340 g/mol. The highest BCUT2D eigenvalue weighted by atomic mass is 16.5. The van der Waals surface area contributed by atoms with Gasteiger partial charge in [0, 0.05) is 18.7 Å². The molecule has 0 fully saturated rings. The molecule has 2 rings (SSSR count). The predicted octanol–water partition coefficient (Wildman–Crippen LogP) is 3.34. The van der Waals surface area contributed by atoms with Gasteiger partial charge in [-0.1, -0.05) is 55.2 Å². The fourth-order valence-electron chi connectivity index (χ4n) is 2.61. The second kappa shape index (κ2) is 10.7. The van der Waals surface area contributed by atoms with Crippen molar-refractivity contribution in [1.29, 1.82) is 0 Å². The minimum Gasteiger partial charge on any atom is -0.481 e. The Labute approximate surface area is 160 Å². The van der Waals surface area contributed by atoms with Crippen LogP contribution in [0.2, 0.25) is 0 Å². The van der Waals surface area contributed by atoms with Gasteiger partial charge in [0.2, 0.25) is 11.8 Å². The van der Waals surface area contributed by atoms with E-state index in [1.165, 1.54) is 6.92 Å². The van der Waals surface area contributed by atoms with Crippen LogP contribution in [-0.4, -0.2) is 25.0 Å². The molecule has 140 valence electrons. The highest BCUT2D eigenvalue weighted by Crippen LogP contribution is 2.19. The fraction of sp³-hybridized carbons (Fsp3) is 0.273. The van der Waals surface area contributed by atoms with E-state index in [4.69, 9.17) is 4.74 Å². The summed E-state index contributed by atoms with van der Waals surface area (Å²) in [6.07, 6.45) is 0.733. The summed E-state index contributed by atoms with van der Waals surface area (Å²) in [6.45, 7) is 3.92. The molecule has 0 aliphatic rings. The molecule has 1 unspecified atom stereocenters. The average Bonchev–Trinajstić information content (AvgIpc) is 2.66. The molecule has 2 aromatic carbocycles. The molecule has 0 saturated carbocycles. The number of ether oxygens (including phenoxy) is 1. The van der Waals surface area contributed by atoms with E-state index < -0.39 is 0 Å². The number of nitrogens with one attached hydrogen (secondary N) is 2. The third-order valence-electron chi connectivity index (χ3n) is 3.87. The zero-order chi connectivity index (χ0) is 19.5. The Morgan fingerprint density at radius 3 is 2.56 bits per heavy atom. The number of benzene rings is 2. The summed E-state index contributed by atoms with van der Waals surface area (Å²) in [5.41, 5.74) is 1.68. The Kier molecular flexibility index (Phi) is 7.92. The van der Waals surface area contributed by atoms with Crippen LogP contribution in [0.4, 0.5) is 5.69 Å². The molecule has 0 spiro atoms. The van der Waals surface area contributed by atoms with Crippen molar-refractivity contribution in [2.24, 2.45) is 0 Å². The maximum atomic E-state index is 12.3. The van der Waals surface area contributed by atoms with Crippen molar-refractivity contribution >= 4 is 17.5 Å². The first-order valence-electron chi connectivity index (χ1n) is 8.89. The van der Waals surface area contributed by atoms with E-state index in [1.54, 1.807) is 24.3 Å². The smallest absolute Gasteiger partial charge is 0.228 e. The second-order valence-electron chi connectivity index (χ2n) is 5.94. The van der Waals surface area contributed by atoms with Gasteiger partial charge in [-0.2, -0.15) is 0 Å². The Morgan fingerprint density at radius 1 is 1.07 bits per heavy atom. The minimum atomic E-state index is -0.166. The SMILES string of the molecule is CCC(C(=O)NCC#CCOc1cccc(NC(C)=O)c1)c1ccccc1. The van der Waals surface area contributed by atoms with E-state index >= 15 is 0 Å². The predicted molar refractivity (Wildman–Crippen MR) is 107 cm³/mol. The Bertz CT molecular complexity index is 822. The average molecular weight is 364 g/mol. The van der Waals surface area contributed by atoms with E-state index in [1.807, 2.05) is 37.3 Å². The van der Waals surface area contributed by atoms with Gasteiger partial charge in [-0.25, -0.2) is 0 Å². The van der Waals surface area contributed by atoms with Gasteiger partial charge in [0.25, 0.3) is 0 Å². The molecule has 0 radical (unpaired) electrons. The van der Waals surface area contributed by atoms with Gasteiger partial charge >= 0.3 is 0 Å². The van der Waals surface area contributed by atoms with Crippen molar-refractivity contribution < 1.29 is 14.3 Å². The zero-order valence-electron chi connectivity index (χ0n) is 15.6. The fourth-order valence-corrected chi connectivity index (χ4v) is 2.61. The molecule has 27 heavy (non-hydrogen) atoms. The van der Waals surface area contributed by atoms with Crippen LogP contribution in [0.25, 0.3) is 0 Å². The van der Waals surface area contributed by atoms with Crippen molar-refractivity contribution in [2.45, 2.75) is 26.2 Å². The van der Waals surface area contributed by atoms with Crippen molar-refractivity contribution in [2.75, 3.05) is 18.5 Å². The maximum absolute atomic E-state index is 12.3. The summed E-state index contributed by atoms with van der Waals surface area (Å²) < 4.78 is 5.54. The molecule has 0 bridgehead atoms. The third-order valence-corrected chi connectivity index (χ3v) is 3.87. The van der Waals surface area contributed by atoms with Crippen molar-refractivity contribution in [3.63, 3.8) is 0 Å². The van der Waals surface area contributed by atoms with Gasteiger partial charge in [0.1, 0.15) is 12.4 Å². The van der Waals surface area contributed by atoms with Gasteiger partial charge in [-0.05, 0) is 24.1 Å². The largest absolute Gasteiger partial charge is 0.481 e. The van der Waals surface area contributed by atoms with Crippen LogP contribution >= 0.6 is 0 Å². The Morgan fingerprint density at radius 2 is 1.85 bits per heavy atom. The second-order valence-corrected chi connectivity index (χ2v) is 5.94. The molecule has 0 aliphatic heterocycles. The summed E-state index contributed by atoms with van der Waals surface area (Å²) in [6, 6.07) is 16.8. The normalized spacial score (nSPS) is 10.9. The number of amides is 2. The first kappa shape index (κ1) is 20.1. The molecule has 2 N–H and O–H groups in total. The maximum Gasteiger partial charge on any atom is 0.228 e. The lowest BCUT2D eigenvalue weighted by atomic mass is 9.96. The molecular formula is C22H24N2O3. The van der Waals surface area contributed by atoms with Gasteiger partial charge in [-0.15, -0.1) is 0 Å². The molecule has 5 heteroatoms. The van der Waals surface area contributed by atoms with E-state index in [2.05, 4.69) is 22.5 Å². The van der Waals surface area contributed by atoms with E-state index in [-0.39, 0.29) is 30.9 Å². The molecule has 0 aromatic heterocycles. The van der Waals surface area contributed by atoms with Crippen LogP contribution in [0.3, 0.4) is 0 Å². The summed E-state index contributed by atoms with van der Waals surface area (Å²) in [5.74, 6) is 6.05. The van der Waals surface area contributed by atoms with Crippen LogP contribution in [0.15, 0.2) is 54.6 Å². The van der Waals surface area contributed by atoms with E-state index in [0.29, 0.717) is 11.4 Å². The molecule has 2 amide bonds. The molecule has 2 aromatic rings. The molecule has 5 nitrogen and oxygen atoms in total. The standard InChI is InChI=1S/C22H24N2O3/c1-3-21(18-10-5-4-6-11-18)22(26)23-14-7-8-15-27-20-13-9-12-19(16-20)24-17(2)25/h4-6,9-13,16,21H,3,14-15H2,1-2H3,(H,23,26)(H,24,25). The van der Waals surface area contributed by atoms with Crippen LogP contribution in [0.5, 0.6) is 5.75 Å². The van der Waals surface area contributed by atoms with Crippen LogP contribution < -0.4 is 15.4 Å². The van der Waals surface area contributed by atoms with E-state index in [9.17, 15) is 9.59 Å². The van der Waals surface area contributed by atoms with Crippen molar-refractivity contribution in [3.05, 3.63) is 60.2 Å². The lowest BCUT2D eigenvalue weighted by Gasteiger charge is -2.14. The topological polar surface area (TPSA) is 67.4 Å². The van der Waals surface area contributed by atoms with Gasteiger partial charge in [0.05, 0.1) is 12.5 Å². The summed E-state index contributed by atoms with van der Waals surface area (Å²) >= 11 is 0. The number of hydrogen-bond acceptors (Lipinski definition) is 3. The number of rotatable bonds is 7. The number of carbonyl (C=O) groups excluding carboxylic acids is 2. The lowest BCUT2D eigenvalue weighted by Crippen LogP contribution is -2.29. The van der Waals surface area contributed by atoms with Gasteiger partial charge < -0.3 is 15.4 Å². The molecule has 0 aliphatic carbocycles. The van der Waals surface area contributed by atoms with Gasteiger partial charge in [0.15, 0.2) is 0 Å². The molecule has 0 saturated heterocycles. The highest BCUT2D eigenvalue weighted by molar-refractivity contribution is 5.88. The van der Waals surface area contributed by atoms with Crippen LogP contribution in [-0.2, 0) is 9.59 Å². The quantitative estimate of drug-likeness (QED) is 0.741. The van der Waals surface area contributed by atoms with Crippen LogP contribution in [0.1, 0.15) is 31.7 Å². The number of carbonyl (C=O) groups is 2.